The molecule has 0 atom stereocenters. The van der Waals surface area contributed by atoms with Gasteiger partial charge in [0.05, 0.1) is 0 Å². The Morgan fingerprint density at radius 1 is 0.812 bits per heavy atom. The van der Waals surface area contributed by atoms with Crippen LogP contribution in [0.3, 0.4) is 0 Å². The second-order valence-electron chi connectivity index (χ2n) is 2.45. The van der Waals surface area contributed by atoms with Crippen molar-refractivity contribution < 1.29 is 31.1 Å². The van der Waals surface area contributed by atoms with Gasteiger partial charge in [-0.1, -0.05) is 23.2 Å². The molecule has 0 spiro atoms. The van der Waals surface area contributed by atoms with Crippen LogP contribution in [0.15, 0.2) is 0 Å². The number of hydrogen-bond acceptors (Lipinski definition) is 1. The first kappa shape index (κ1) is 13.2. The van der Waals surface area contributed by atoms with Gasteiger partial charge in [0.25, 0.3) is 0 Å². The van der Waals surface area contributed by atoms with E-state index in [1.807, 2.05) is 0 Å². The highest BCUT2D eigenvalue weighted by Gasteiger charge is 2.36. The molecule has 0 amide bonds. The summed E-state index contributed by atoms with van der Waals surface area (Å²) >= 11 is 9.84. The van der Waals surface area contributed by atoms with Crippen LogP contribution in [0, 0.1) is 17.5 Å². The minimum Gasteiger partial charge on any atom is -0.401 e. The summed E-state index contributed by atoms with van der Waals surface area (Å²) in [4.78, 5) is 0. The van der Waals surface area contributed by atoms with Crippen molar-refractivity contribution in [3.05, 3.63) is 27.5 Å². The predicted molar refractivity (Wildman–Crippen MR) is 43.0 cm³/mol. The number of alkyl halides is 3. The molecule has 0 bridgehead atoms. The van der Waals surface area contributed by atoms with Gasteiger partial charge in [-0.15, -0.1) is 13.2 Å². The summed E-state index contributed by atoms with van der Waals surface area (Å²) in [6, 6.07) is 0. The van der Waals surface area contributed by atoms with E-state index in [4.69, 9.17) is 23.2 Å². The van der Waals surface area contributed by atoms with E-state index in [9.17, 15) is 26.3 Å². The Balaban J connectivity index is 3.40. The van der Waals surface area contributed by atoms with Crippen molar-refractivity contribution in [1.29, 1.82) is 0 Å². The number of ether oxygens (including phenoxy) is 1. The van der Waals surface area contributed by atoms with Crippen LogP contribution in [0.2, 0.25) is 10.0 Å². The third kappa shape index (κ3) is 2.46. The molecule has 0 aliphatic heterocycles. The zero-order valence-electron chi connectivity index (χ0n) is 6.93. The number of benzene rings is 1. The molecule has 0 aliphatic carbocycles. The SMILES string of the molecule is Fc1c(F)c(Cl)c(OC(F)(F)F)c(F)c1Cl. The maximum atomic E-state index is 13.0. The van der Waals surface area contributed by atoms with Gasteiger partial charge in [0.15, 0.2) is 23.2 Å². The van der Waals surface area contributed by atoms with Gasteiger partial charge in [-0.25, -0.2) is 13.2 Å². The molecular formula is C7Cl2F6O. The zero-order chi connectivity index (χ0) is 12.7. The van der Waals surface area contributed by atoms with Crippen molar-refractivity contribution in [3.8, 4) is 5.75 Å². The second kappa shape index (κ2) is 4.21. The average Bonchev–Trinajstić information content (AvgIpc) is 2.17. The Labute approximate surface area is 94.5 Å². The van der Waals surface area contributed by atoms with E-state index in [1.54, 1.807) is 0 Å². The van der Waals surface area contributed by atoms with Gasteiger partial charge >= 0.3 is 6.36 Å². The molecule has 0 saturated carbocycles. The Hall–Kier alpha value is -0.820. The van der Waals surface area contributed by atoms with E-state index < -0.39 is 39.6 Å². The van der Waals surface area contributed by atoms with Crippen molar-refractivity contribution >= 4 is 23.2 Å². The lowest BCUT2D eigenvalue weighted by Gasteiger charge is -2.12. The van der Waals surface area contributed by atoms with Gasteiger partial charge in [0, 0.05) is 0 Å². The first-order valence-corrected chi connectivity index (χ1v) is 4.18. The Bertz CT molecular complexity index is 401. The molecule has 0 N–H and O–H groups in total. The maximum Gasteiger partial charge on any atom is 0.573 e. The normalized spacial score (nSPS) is 11.8. The highest BCUT2D eigenvalue weighted by atomic mass is 35.5. The van der Waals surface area contributed by atoms with E-state index in [2.05, 4.69) is 4.74 Å². The topological polar surface area (TPSA) is 9.23 Å². The Morgan fingerprint density at radius 2 is 1.25 bits per heavy atom. The van der Waals surface area contributed by atoms with Crippen LogP contribution in [0.4, 0.5) is 26.3 Å². The fraction of sp³-hybridized carbons (Fsp3) is 0.143. The van der Waals surface area contributed by atoms with Crippen molar-refractivity contribution in [1.82, 2.24) is 0 Å². The van der Waals surface area contributed by atoms with Crippen LogP contribution in [-0.2, 0) is 0 Å². The summed E-state index contributed by atoms with van der Waals surface area (Å²) in [5.41, 5.74) is 0. The largest absolute Gasteiger partial charge is 0.573 e. The Kier molecular flexibility index (Phi) is 3.49. The molecule has 1 nitrogen and oxygen atoms in total. The summed E-state index contributed by atoms with van der Waals surface area (Å²) in [5.74, 6) is -7.45. The van der Waals surface area contributed by atoms with Crippen LogP contribution >= 0.6 is 23.2 Å². The highest BCUT2D eigenvalue weighted by molar-refractivity contribution is 6.34. The highest BCUT2D eigenvalue weighted by Crippen LogP contribution is 2.39. The lowest BCUT2D eigenvalue weighted by Crippen LogP contribution is -2.19. The molecule has 0 aliphatic rings. The molecule has 0 fully saturated rings. The molecule has 16 heavy (non-hydrogen) atoms. The first-order valence-electron chi connectivity index (χ1n) is 3.42. The fourth-order valence-corrected chi connectivity index (χ4v) is 1.16. The van der Waals surface area contributed by atoms with Crippen molar-refractivity contribution in [2.45, 2.75) is 6.36 Å². The molecule has 0 radical (unpaired) electrons. The molecule has 0 aromatic heterocycles. The summed E-state index contributed by atoms with van der Waals surface area (Å²) in [7, 11) is 0. The van der Waals surface area contributed by atoms with E-state index in [1.165, 1.54) is 0 Å². The number of rotatable bonds is 1. The molecule has 0 heterocycles. The summed E-state index contributed by atoms with van der Waals surface area (Å²) in [6.07, 6.45) is -5.31. The molecule has 1 rings (SSSR count). The predicted octanol–water partition coefficient (Wildman–Crippen LogP) is 4.31. The van der Waals surface area contributed by atoms with Gasteiger partial charge in [-0.3, -0.25) is 0 Å². The van der Waals surface area contributed by atoms with E-state index in [0.717, 1.165) is 0 Å². The van der Waals surface area contributed by atoms with Gasteiger partial charge in [-0.05, 0) is 0 Å². The lowest BCUT2D eigenvalue weighted by atomic mass is 10.3. The van der Waals surface area contributed by atoms with Crippen molar-refractivity contribution in [2.75, 3.05) is 0 Å². The van der Waals surface area contributed by atoms with E-state index >= 15 is 0 Å². The van der Waals surface area contributed by atoms with Crippen molar-refractivity contribution in [3.63, 3.8) is 0 Å². The Morgan fingerprint density at radius 3 is 1.69 bits per heavy atom. The van der Waals surface area contributed by atoms with E-state index in [0.29, 0.717) is 0 Å². The van der Waals surface area contributed by atoms with Crippen LogP contribution in [0.25, 0.3) is 0 Å². The summed E-state index contributed by atoms with van der Waals surface area (Å²) in [6.45, 7) is 0. The molecule has 9 heteroatoms. The quantitative estimate of drug-likeness (QED) is 0.424. The van der Waals surface area contributed by atoms with Gasteiger partial charge in [0.2, 0.25) is 0 Å². The van der Waals surface area contributed by atoms with Crippen LogP contribution in [0.5, 0.6) is 5.75 Å². The molecule has 0 unspecified atom stereocenters. The average molecular weight is 285 g/mol. The standard InChI is InChI=1S/C7Cl2F6O/c8-1-3(10)4(11)2(9)6(5(1)12)16-7(13,14)15. The third-order valence-corrected chi connectivity index (χ3v) is 2.06. The summed E-state index contributed by atoms with van der Waals surface area (Å²) < 4.78 is 76.8. The molecule has 90 valence electrons. The van der Waals surface area contributed by atoms with Crippen LogP contribution in [-0.4, -0.2) is 6.36 Å². The molecule has 1 aromatic carbocycles. The number of hydrogen-bond donors (Lipinski definition) is 0. The minimum absolute atomic E-state index is 1.47. The maximum absolute atomic E-state index is 13.0. The van der Waals surface area contributed by atoms with Crippen LogP contribution in [0.1, 0.15) is 0 Å². The number of halogens is 8. The summed E-state index contributed by atoms with van der Waals surface area (Å²) in [5, 5.41) is -2.95. The lowest BCUT2D eigenvalue weighted by molar-refractivity contribution is -0.275. The van der Waals surface area contributed by atoms with Crippen LogP contribution < -0.4 is 4.74 Å². The van der Waals surface area contributed by atoms with Crippen molar-refractivity contribution in [2.24, 2.45) is 0 Å². The van der Waals surface area contributed by atoms with Gasteiger partial charge in [-0.2, -0.15) is 0 Å². The monoisotopic (exact) mass is 284 g/mol. The molecule has 0 saturated heterocycles. The van der Waals surface area contributed by atoms with Gasteiger partial charge in [0.1, 0.15) is 10.0 Å². The third-order valence-electron chi connectivity index (χ3n) is 1.39. The molecular weight excluding hydrogens is 285 g/mol. The zero-order valence-corrected chi connectivity index (χ0v) is 8.44. The van der Waals surface area contributed by atoms with Gasteiger partial charge < -0.3 is 4.74 Å². The first-order chi connectivity index (χ1) is 7.15. The smallest absolute Gasteiger partial charge is 0.401 e. The minimum atomic E-state index is -5.31. The fourth-order valence-electron chi connectivity index (χ4n) is 0.790. The van der Waals surface area contributed by atoms with E-state index in [-0.39, 0.29) is 0 Å². The second-order valence-corrected chi connectivity index (χ2v) is 3.20. The molecule has 1 aromatic rings.